The molecule has 0 saturated carbocycles. The third-order valence-electron chi connectivity index (χ3n) is 4.13. The molecule has 2 N–H and O–H groups in total. The lowest BCUT2D eigenvalue weighted by Crippen LogP contribution is -2.47. The highest BCUT2D eigenvalue weighted by Crippen LogP contribution is 2.31. The maximum atomic E-state index is 14.0. The lowest BCUT2D eigenvalue weighted by atomic mass is 9.75. The molecule has 1 unspecified atom stereocenters. The summed E-state index contributed by atoms with van der Waals surface area (Å²) in [7, 11) is 0. The van der Waals surface area contributed by atoms with Crippen molar-refractivity contribution in [3.8, 4) is 0 Å². The molecule has 104 valence electrons. The fourth-order valence-electron chi connectivity index (χ4n) is 3.04. The van der Waals surface area contributed by atoms with Gasteiger partial charge >= 0.3 is 0 Å². The van der Waals surface area contributed by atoms with Gasteiger partial charge in [0.25, 0.3) is 0 Å². The average molecular weight is 290 g/mol. The van der Waals surface area contributed by atoms with E-state index < -0.39 is 0 Å². The van der Waals surface area contributed by atoms with Crippen molar-refractivity contribution >= 4 is 11.6 Å². The van der Waals surface area contributed by atoms with E-state index in [1.54, 1.807) is 18.2 Å². The van der Waals surface area contributed by atoms with Crippen molar-refractivity contribution < 1.29 is 4.39 Å². The van der Waals surface area contributed by atoms with Gasteiger partial charge in [-0.1, -0.05) is 48.0 Å². The molecule has 1 atom stereocenters. The molecule has 0 aliphatic heterocycles. The van der Waals surface area contributed by atoms with E-state index >= 15 is 0 Å². The number of fused-ring (bicyclic) bond motifs is 1. The minimum absolute atomic E-state index is 0.169. The topological polar surface area (TPSA) is 26.0 Å². The molecule has 1 aliphatic rings. The lowest BCUT2D eigenvalue weighted by Gasteiger charge is -2.35. The van der Waals surface area contributed by atoms with E-state index in [4.69, 9.17) is 17.3 Å². The van der Waals surface area contributed by atoms with Gasteiger partial charge in [-0.05, 0) is 48.4 Å². The molecule has 0 fully saturated rings. The lowest BCUT2D eigenvalue weighted by molar-refractivity contribution is 0.364. The monoisotopic (exact) mass is 289 g/mol. The van der Waals surface area contributed by atoms with E-state index in [0.717, 1.165) is 19.3 Å². The average Bonchev–Trinajstić information content (AvgIpc) is 2.44. The third-order valence-corrected chi connectivity index (χ3v) is 4.42. The molecule has 0 bridgehead atoms. The van der Waals surface area contributed by atoms with E-state index in [1.165, 1.54) is 11.1 Å². The Morgan fingerprint density at radius 2 is 1.85 bits per heavy atom. The highest BCUT2D eigenvalue weighted by molar-refractivity contribution is 6.30. The molecule has 2 aromatic carbocycles. The zero-order valence-electron chi connectivity index (χ0n) is 11.2. The van der Waals surface area contributed by atoms with Crippen LogP contribution in [0.1, 0.15) is 23.1 Å². The van der Waals surface area contributed by atoms with Crippen LogP contribution in [0.15, 0.2) is 42.5 Å². The summed E-state index contributed by atoms with van der Waals surface area (Å²) in [5.74, 6) is -0.335. The van der Waals surface area contributed by atoms with Crippen molar-refractivity contribution in [2.45, 2.75) is 31.2 Å². The molecule has 0 saturated heterocycles. The SMILES string of the molecule is NC1(Cc2cccc(Cl)c2F)CCc2ccccc2C1. The number of nitrogens with two attached hydrogens (primary N) is 1. The molecule has 0 spiro atoms. The van der Waals surface area contributed by atoms with Gasteiger partial charge in [0.05, 0.1) is 5.02 Å². The molecule has 0 heterocycles. The van der Waals surface area contributed by atoms with Crippen molar-refractivity contribution in [3.63, 3.8) is 0 Å². The normalized spacial score (nSPS) is 21.6. The predicted octanol–water partition coefficient (Wildman–Crippen LogP) is 3.91. The summed E-state index contributed by atoms with van der Waals surface area (Å²) in [4.78, 5) is 0. The summed E-state index contributed by atoms with van der Waals surface area (Å²) in [6, 6.07) is 13.5. The van der Waals surface area contributed by atoms with Gasteiger partial charge in [-0.15, -0.1) is 0 Å². The number of rotatable bonds is 2. The van der Waals surface area contributed by atoms with E-state index in [9.17, 15) is 4.39 Å². The molecule has 1 aliphatic carbocycles. The van der Waals surface area contributed by atoms with Gasteiger partial charge in [0.2, 0.25) is 0 Å². The summed E-state index contributed by atoms with van der Waals surface area (Å²) in [5, 5.41) is 0.169. The number of hydrogen-bond donors (Lipinski definition) is 1. The Hall–Kier alpha value is -1.38. The van der Waals surface area contributed by atoms with Gasteiger partial charge in [0.1, 0.15) is 5.82 Å². The second kappa shape index (κ2) is 5.19. The zero-order chi connectivity index (χ0) is 14.2. The predicted molar refractivity (Wildman–Crippen MR) is 80.5 cm³/mol. The van der Waals surface area contributed by atoms with Gasteiger partial charge < -0.3 is 5.73 Å². The van der Waals surface area contributed by atoms with Gasteiger partial charge in [0.15, 0.2) is 0 Å². The smallest absolute Gasteiger partial charge is 0.145 e. The van der Waals surface area contributed by atoms with Crippen LogP contribution in [-0.4, -0.2) is 5.54 Å². The van der Waals surface area contributed by atoms with Crippen LogP contribution < -0.4 is 5.73 Å². The maximum Gasteiger partial charge on any atom is 0.145 e. The van der Waals surface area contributed by atoms with E-state index in [1.807, 2.05) is 6.07 Å². The second-order valence-corrected chi connectivity index (χ2v) is 6.10. The summed E-state index contributed by atoms with van der Waals surface area (Å²) >= 11 is 5.84. The second-order valence-electron chi connectivity index (χ2n) is 5.70. The molecule has 2 aromatic rings. The van der Waals surface area contributed by atoms with Crippen molar-refractivity contribution in [2.75, 3.05) is 0 Å². The minimum Gasteiger partial charge on any atom is -0.324 e. The van der Waals surface area contributed by atoms with Crippen LogP contribution in [-0.2, 0) is 19.3 Å². The van der Waals surface area contributed by atoms with Crippen molar-refractivity contribution in [3.05, 3.63) is 70.0 Å². The molecule has 0 radical (unpaired) electrons. The van der Waals surface area contributed by atoms with Gasteiger partial charge in [-0.3, -0.25) is 0 Å². The first kappa shape index (κ1) is 13.6. The third kappa shape index (κ3) is 2.58. The Morgan fingerprint density at radius 1 is 1.10 bits per heavy atom. The van der Waals surface area contributed by atoms with Gasteiger partial charge in [-0.25, -0.2) is 4.39 Å². The van der Waals surface area contributed by atoms with Crippen LogP contribution in [0.5, 0.6) is 0 Å². The fourth-order valence-corrected chi connectivity index (χ4v) is 3.23. The largest absolute Gasteiger partial charge is 0.324 e. The van der Waals surface area contributed by atoms with Gasteiger partial charge in [-0.2, -0.15) is 0 Å². The first-order valence-electron chi connectivity index (χ1n) is 6.86. The summed E-state index contributed by atoms with van der Waals surface area (Å²) < 4.78 is 14.0. The number of aryl methyl sites for hydroxylation is 1. The first-order valence-corrected chi connectivity index (χ1v) is 7.24. The Balaban J connectivity index is 1.86. The highest BCUT2D eigenvalue weighted by Gasteiger charge is 2.31. The molecular formula is C17H17ClFN. The number of benzene rings is 2. The van der Waals surface area contributed by atoms with E-state index in [2.05, 4.69) is 18.2 Å². The Morgan fingerprint density at radius 3 is 2.65 bits per heavy atom. The van der Waals surface area contributed by atoms with Crippen LogP contribution >= 0.6 is 11.6 Å². The number of hydrogen-bond acceptors (Lipinski definition) is 1. The molecule has 20 heavy (non-hydrogen) atoms. The Kier molecular flexibility index (Phi) is 3.53. The number of halogens is 2. The molecule has 1 nitrogen and oxygen atoms in total. The molecule has 0 amide bonds. The quantitative estimate of drug-likeness (QED) is 0.891. The van der Waals surface area contributed by atoms with E-state index in [-0.39, 0.29) is 16.4 Å². The molecule has 0 aromatic heterocycles. The van der Waals surface area contributed by atoms with Crippen LogP contribution in [0.25, 0.3) is 0 Å². The highest BCUT2D eigenvalue weighted by atomic mass is 35.5. The summed E-state index contributed by atoms with van der Waals surface area (Å²) in [6.07, 6.45) is 3.13. The first-order chi connectivity index (χ1) is 9.57. The van der Waals surface area contributed by atoms with Crippen molar-refractivity contribution in [1.29, 1.82) is 0 Å². The Bertz CT molecular complexity index is 641. The molecular weight excluding hydrogens is 273 g/mol. The zero-order valence-corrected chi connectivity index (χ0v) is 12.0. The minimum atomic E-state index is -0.389. The molecule has 3 rings (SSSR count). The van der Waals surface area contributed by atoms with Crippen molar-refractivity contribution in [2.24, 2.45) is 5.73 Å². The van der Waals surface area contributed by atoms with Crippen LogP contribution in [0.2, 0.25) is 5.02 Å². The van der Waals surface area contributed by atoms with Crippen LogP contribution in [0, 0.1) is 5.82 Å². The van der Waals surface area contributed by atoms with Crippen LogP contribution in [0.4, 0.5) is 4.39 Å². The van der Waals surface area contributed by atoms with Gasteiger partial charge in [0, 0.05) is 5.54 Å². The van der Waals surface area contributed by atoms with Crippen LogP contribution in [0.3, 0.4) is 0 Å². The summed E-state index contributed by atoms with van der Waals surface area (Å²) in [6.45, 7) is 0. The van der Waals surface area contributed by atoms with Crippen molar-refractivity contribution in [1.82, 2.24) is 0 Å². The molecule has 3 heteroatoms. The standard InChI is InChI=1S/C17H17ClFN/c18-15-7-3-6-14(16(15)19)11-17(20)9-8-12-4-1-2-5-13(12)10-17/h1-7H,8-11,20H2. The maximum absolute atomic E-state index is 14.0. The van der Waals surface area contributed by atoms with E-state index in [0.29, 0.717) is 12.0 Å². The summed E-state index contributed by atoms with van der Waals surface area (Å²) in [5.41, 5.74) is 9.38. The fraction of sp³-hybridized carbons (Fsp3) is 0.294. The Labute approximate surface area is 123 Å².